The van der Waals surface area contributed by atoms with Crippen molar-refractivity contribution in [3.05, 3.63) is 84.6 Å². The number of likely N-dealkylation sites (tertiary alicyclic amines) is 1. The van der Waals surface area contributed by atoms with Gasteiger partial charge >= 0.3 is 0 Å². The Kier molecular flexibility index (Phi) is 10.4. The molecular weight excluding hydrogens is 634 g/mol. The molecule has 260 valence electrons. The Morgan fingerprint density at radius 3 is 2.64 bits per heavy atom. The van der Waals surface area contributed by atoms with Gasteiger partial charge in [0, 0.05) is 69.2 Å². The molecule has 4 heterocycles. The Balaban J connectivity index is 1.04. The molecule has 13 heteroatoms. The van der Waals surface area contributed by atoms with Crippen molar-refractivity contribution in [2.24, 2.45) is 10.8 Å². The average Bonchev–Trinajstić information content (AvgIpc) is 3.76. The van der Waals surface area contributed by atoms with Gasteiger partial charge < -0.3 is 24.7 Å². The monoisotopic (exact) mass is 677 g/mol. The minimum atomic E-state index is -1.08. The molecule has 1 atom stereocenters. The van der Waals surface area contributed by atoms with Crippen LogP contribution in [0.3, 0.4) is 0 Å². The number of aromatic nitrogens is 3. The van der Waals surface area contributed by atoms with Gasteiger partial charge in [0.05, 0.1) is 24.4 Å². The third-order valence-corrected chi connectivity index (χ3v) is 9.14. The van der Waals surface area contributed by atoms with Crippen LogP contribution in [0.1, 0.15) is 30.9 Å². The summed E-state index contributed by atoms with van der Waals surface area (Å²) in [6.07, 6.45) is 6.57. The summed E-state index contributed by atoms with van der Waals surface area (Å²) in [5, 5.41) is 12.8. The van der Waals surface area contributed by atoms with Crippen molar-refractivity contribution in [3.63, 3.8) is 0 Å². The first-order chi connectivity index (χ1) is 24.2. The highest BCUT2D eigenvalue weighted by Crippen LogP contribution is 2.31. The van der Waals surface area contributed by atoms with Gasteiger partial charge in [0.1, 0.15) is 12.0 Å². The maximum atomic E-state index is 13.7. The van der Waals surface area contributed by atoms with Crippen molar-refractivity contribution in [1.29, 1.82) is 0 Å². The van der Waals surface area contributed by atoms with Crippen LogP contribution in [0.25, 0.3) is 33.4 Å². The molecule has 0 radical (unpaired) electrons. The lowest BCUT2D eigenvalue weighted by atomic mass is 9.98. The van der Waals surface area contributed by atoms with Gasteiger partial charge in [0.25, 0.3) is 5.91 Å². The number of aromatic amines is 1. The normalized spacial score (nSPS) is 18.0. The number of nitrogens with two attached hydrogens (primary N) is 1. The standard InChI is InChI=1S/C37H43N9O4/c1-5-50-33-13-10-29(21-39-33)35-31-20-30(11-12-32(31)42-43-35)41-36(48)37(49-4)16-19-45(23-37)22-34(47)46-17-14-28(15-18-46)27-8-6-26(7-9-27)25(2)40-24-44(3)38/h6-14,20-21,24H,2,5,15-19,22-23,38H2,1,3-4H3,(H,41,48)(H,42,43)/t37-/m0/s1. The minimum Gasteiger partial charge on any atom is -0.478 e. The quantitative estimate of drug-likeness (QED) is 0.0868. The number of benzene rings is 2. The fraction of sp³-hybridized carbons (Fsp3) is 0.324. The number of H-pyrrole nitrogens is 1. The highest BCUT2D eigenvalue weighted by molar-refractivity contribution is 6.01. The molecule has 50 heavy (non-hydrogen) atoms. The predicted molar refractivity (Wildman–Crippen MR) is 195 cm³/mol. The number of nitrogens with one attached hydrogen (secondary N) is 2. The van der Waals surface area contributed by atoms with Crippen molar-refractivity contribution >= 4 is 46.0 Å². The summed E-state index contributed by atoms with van der Waals surface area (Å²) in [6.45, 7) is 8.71. The molecule has 2 aromatic heterocycles. The predicted octanol–water partition coefficient (Wildman–Crippen LogP) is 4.17. The van der Waals surface area contributed by atoms with Gasteiger partial charge in [0.2, 0.25) is 11.8 Å². The molecule has 4 aromatic rings. The number of fused-ring (bicyclic) bond motifs is 1. The van der Waals surface area contributed by atoms with Crippen LogP contribution in [0.4, 0.5) is 5.69 Å². The molecule has 0 unspecified atom stereocenters. The van der Waals surface area contributed by atoms with Gasteiger partial charge in [-0.25, -0.2) is 15.8 Å². The molecule has 13 nitrogen and oxygen atoms in total. The van der Waals surface area contributed by atoms with E-state index >= 15 is 0 Å². The number of methoxy groups -OCH3 is 1. The third-order valence-electron chi connectivity index (χ3n) is 9.14. The summed E-state index contributed by atoms with van der Waals surface area (Å²) in [5.74, 6) is 5.92. The lowest BCUT2D eigenvalue weighted by Crippen LogP contribution is -2.48. The van der Waals surface area contributed by atoms with Gasteiger partial charge in [-0.3, -0.25) is 19.6 Å². The summed E-state index contributed by atoms with van der Waals surface area (Å²) >= 11 is 0. The Labute approximate surface area is 291 Å². The van der Waals surface area contributed by atoms with E-state index in [1.165, 1.54) is 16.9 Å². The second-order valence-electron chi connectivity index (χ2n) is 12.5. The van der Waals surface area contributed by atoms with Crippen LogP contribution < -0.4 is 15.9 Å². The molecule has 2 aromatic carbocycles. The van der Waals surface area contributed by atoms with E-state index < -0.39 is 5.60 Å². The molecule has 0 bridgehead atoms. The summed E-state index contributed by atoms with van der Waals surface area (Å²) in [7, 11) is 3.25. The van der Waals surface area contributed by atoms with Crippen LogP contribution in [0.5, 0.6) is 5.88 Å². The highest BCUT2D eigenvalue weighted by atomic mass is 16.5. The number of ether oxygens (including phenoxy) is 2. The molecule has 1 saturated heterocycles. The smallest absolute Gasteiger partial charge is 0.258 e. The number of hydrogen-bond donors (Lipinski definition) is 3. The van der Waals surface area contributed by atoms with E-state index in [1.54, 1.807) is 20.4 Å². The zero-order chi connectivity index (χ0) is 35.3. The minimum absolute atomic E-state index is 0.0312. The average molecular weight is 678 g/mol. The maximum Gasteiger partial charge on any atom is 0.258 e. The fourth-order valence-electron chi connectivity index (χ4n) is 6.31. The lowest BCUT2D eigenvalue weighted by Gasteiger charge is -2.30. The molecule has 2 aliphatic heterocycles. The maximum absolute atomic E-state index is 13.7. The summed E-state index contributed by atoms with van der Waals surface area (Å²) in [4.78, 5) is 39.5. The number of rotatable bonds is 12. The largest absolute Gasteiger partial charge is 0.478 e. The zero-order valence-corrected chi connectivity index (χ0v) is 28.7. The molecule has 6 rings (SSSR count). The van der Waals surface area contributed by atoms with E-state index in [2.05, 4.69) is 50.3 Å². The van der Waals surface area contributed by atoms with Crippen LogP contribution in [0.2, 0.25) is 0 Å². The van der Waals surface area contributed by atoms with Crippen molar-refractivity contribution in [2.75, 3.05) is 58.8 Å². The van der Waals surface area contributed by atoms with Crippen LogP contribution >= 0.6 is 0 Å². The van der Waals surface area contributed by atoms with E-state index in [-0.39, 0.29) is 18.4 Å². The van der Waals surface area contributed by atoms with E-state index in [1.807, 2.05) is 59.2 Å². The Hall–Kier alpha value is -5.37. The van der Waals surface area contributed by atoms with Gasteiger partial charge in [-0.1, -0.05) is 36.9 Å². The van der Waals surface area contributed by atoms with Crippen molar-refractivity contribution in [1.82, 2.24) is 30.0 Å². The molecule has 0 saturated carbocycles. The molecule has 4 N–H and O–H groups in total. The van der Waals surface area contributed by atoms with E-state index in [9.17, 15) is 9.59 Å². The molecule has 2 amide bonds. The Bertz CT molecular complexity index is 1920. The number of hydrogen-bond acceptors (Lipinski definition) is 9. The summed E-state index contributed by atoms with van der Waals surface area (Å²) in [6, 6.07) is 17.4. The van der Waals surface area contributed by atoms with Crippen molar-refractivity contribution in [3.8, 4) is 17.1 Å². The number of amides is 2. The number of hydrazine groups is 1. The lowest BCUT2D eigenvalue weighted by molar-refractivity contribution is -0.138. The number of carbonyl (C=O) groups is 2. The Morgan fingerprint density at radius 1 is 1.16 bits per heavy atom. The van der Waals surface area contributed by atoms with Crippen LogP contribution in [0, 0.1) is 0 Å². The zero-order valence-electron chi connectivity index (χ0n) is 28.7. The fourth-order valence-corrected chi connectivity index (χ4v) is 6.31. The van der Waals surface area contributed by atoms with Crippen LogP contribution in [0.15, 0.2) is 78.4 Å². The number of aliphatic imine (C=N–C) groups is 1. The second kappa shape index (κ2) is 15.0. The van der Waals surface area contributed by atoms with Gasteiger partial charge in [0.15, 0.2) is 5.60 Å². The van der Waals surface area contributed by atoms with Gasteiger partial charge in [-0.2, -0.15) is 5.10 Å². The number of pyridine rings is 1. The van der Waals surface area contributed by atoms with E-state index in [4.69, 9.17) is 15.3 Å². The third kappa shape index (κ3) is 7.59. The molecule has 0 aliphatic carbocycles. The highest BCUT2D eigenvalue weighted by Gasteiger charge is 2.45. The van der Waals surface area contributed by atoms with Crippen molar-refractivity contribution < 1.29 is 19.1 Å². The Morgan fingerprint density at radius 2 is 1.96 bits per heavy atom. The SMILES string of the molecule is C=C(N=CN(C)N)c1ccc(C2=CCN(C(=O)CN3CC[C@@](OC)(C(=O)Nc4ccc5[nH]nc(-c6ccc(OCC)nc6)c5c4)C3)CC2)cc1. The number of anilines is 1. The van der Waals surface area contributed by atoms with Gasteiger partial charge in [-0.05, 0) is 60.7 Å². The summed E-state index contributed by atoms with van der Waals surface area (Å²) in [5.41, 5.74) is 5.78. The number of carbonyl (C=O) groups excluding carboxylic acids is 2. The van der Waals surface area contributed by atoms with E-state index in [0.29, 0.717) is 56.5 Å². The molecular formula is C37H43N9O4. The first-order valence-electron chi connectivity index (χ1n) is 16.6. The molecule has 0 spiro atoms. The first kappa shape index (κ1) is 34.5. The molecule has 2 aliphatic rings. The topological polar surface area (TPSA) is 154 Å². The summed E-state index contributed by atoms with van der Waals surface area (Å²) < 4.78 is 11.3. The first-order valence-corrected chi connectivity index (χ1v) is 16.6. The molecule has 1 fully saturated rings. The van der Waals surface area contributed by atoms with Crippen LogP contribution in [-0.4, -0.2) is 107 Å². The van der Waals surface area contributed by atoms with Gasteiger partial charge in [-0.15, -0.1) is 0 Å². The second-order valence-corrected chi connectivity index (χ2v) is 12.5. The number of nitrogens with zero attached hydrogens (tertiary/aromatic N) is 6. The van der Waals surface area contributed by atoms with Crippen molar-refractivity contribution in [2.45, 2.75) is 25.4 Å². The van der Waals surface area contributed by atoms with Crippen LogP contribution in [-0.2, 0) is 14.3 Å². The van der Waals surface area contributed by atoms with E-state index in [0.717, 1.165) is 39.7 Å².